The fourth-order valence-corrected chi connectivity index (χ4v) is 3.75. The average molecular weight is 324 g/mol. The zero-order valence-electron chi connectivity index (χ0n) is 13.7. The number of phenolic OH excluding ortho intramolecular Hbond substituents is 2. The molecule has 5 aromatic rings. The van der Waals surface area contributed by atoms with Crippen molar-refractivity contribution < 1.29 is 10.2 Å². The van der Waals surface area contributed by atoms with E-state index in [1.165, 1.54) is 0 Å². The van der Waals surface area contributed by atoms with Gasteiger partial charge in [-0.15, -0.1) is 0 Å². The second kappa shape index (κ2) is 4.87. The lowest BCUT2D eigenvalue weighted by molar-refractivity contribution is 0.486. The number of hydrogen-bond acceptors (Lipinski definition) is 2. The average Bonchev–Trinajstić information content (AvgIpc) is 2.62. The van der Waals surface area contributed by atoms with Crippen molar-refractivity contribution in [2.75, 3.05) is 0 Å². The van der Waals surface area contributed by atoms with Crippen LogP contribution in [0.5, 0.6) is 11.5 Å². The maximum absolute atomic E-state index is 10.8. The molecule has 0 heterocycles. The number of rotatable bonds is 0. The van der Waals surface area contributed by atoms with Gasteiger partial charge in [-0.2, -0.15) is 0 Å². The first-order chi connectivity index (χ1) is 12.1. The van der Waals surface area contributed by atoms with Crippen LogP contribution in [-0.2, 0) is 0 Å². The van der Waals surface area contributed by atoms with Gasteiger partial charge in [0.15, 0.2) is 0 Å². The van der Waals surface area contributed by atoms with Gasteiger partial charge in [0, 0.05) is 21.5 Å². The Morgan fingerprint density at radius 1 is 0.520 bits per heavy atom. The van der Waals surface area contributed by atoms with E-state index in [1.54, 1.807) is 0 Å². The van der Waals surface area contributed by atoms with Gasteiger partial charge in [0.2, 0.25) is 0 Å². The Hall–Kier alpha value is -3.26. The van der Waals surface area contributed by atoms with E-state index in [1.807, 2.05) is 61.5 Å². The number of benzene rings is 5. The monoisotopic (exact) mass is 324 g/mol. The van der Waals surface area contributed by atoms with Crippen molar-refractivity contribution in [1.29, 1.82) is 0 Å². The smallest absolute Gasteiger partial charge is 0.131 e. The van der Waals surface area contributed by atoms with Crippen molar-refractivity contribution in [3.63, 3.8) is 0 Å². The number of fused-ring (bicyclic) bond motifs is 4. The van der Waals surface area contributed by atoms with Gasteiger partial charge in [0.05, 0.1) is 0 Å². The van der Waals surface area contributed by atoms with Crippen LogP contribution in [0.1, 0.15) is 5.56 Å². The molecular formula is C23H16O2. The van der Waals surface area contributed by atoms with Gasteiger partial charge in [0.1, 0.15) is 11.5 Å². The van der Waals surface area contributed by atoms with Crippen LogP contribution in [0, 0.1) is 6.92 Å². The van der Waals surface area contributed by atoms with Crippen molar-refractivity contribution in [2.24, 2.45) is 0 Å². The van der Waals surface area contributed by atoms with Gasteiger partial charge in [-0.3, -0.25) is 0 Å². The first-order valence-electron chi connectivity index (χ1n) is 8.32. The summed E-state index contributed by atoms with van der Waals surface area (Å²) in [5, 5.41) is 28.7. The van der Waals surface area contributed by atoms with Crippen molar-refractivity contribution in [1.82, 2.24) is 0 Å². The van der Waals surface area contributed by atoms with E-state index in [-0.39, 0.29) is 0 Å². The Labute approximate surface area is 144 Å². The van der Waals surface area contributed by atoms with Crippen molar-refractivity contribution in [3.8, 4) is 11.5 Å². The van der Waals surface area contributed by atoms with E-state index in [2.05, 4.69) is 12.1 Å². The fraction of sp³-hybridized carbons (Fsp3) is 0.0435. The standard InChI is InChI=1S/C23H16O2/c1-13-6-7-15-10-17-11-20-16(12-21(17)23(25)19(15)8-13)9-14-4-2-3-5-18(14)22(20)24/h2-12,24-25H,1H3. The molecule has 0 spiro atoms. The molecule has 0 radical (unpaired) electrons. The topological polar surface area (TPSA) is 40.5 Å². The summed E-state index contributed by atoms with van der Waals surface area (Å²) in [7, 11) is 0. The van der Waals surface area contributed by atoms with Gasteiger partial charge >= 0.3 is 0 Å². The molecule has 120 valence electrons. The minimum Gasteiger partial charge on any atom is -0.507 e. The highest BCUT2D eigenvalue weighted by atomic mass is 16.3. The summed E-state index contributed by atoms with van der Waals surface area (Å²) in [6.45, 7) is 2.02. The molecule has 0 atom stereocenters. The summed E-state index contributed by atoms with van der Waals surface area (Å²) in [5.74, 6) is 0.587. The quantitative estimate of drug-likeness (QED) is 0.342. The van der Waals surface area contributed by atoms with E-state index >= 15 is 0 Å². The van der Waals surface area contributed by atoms with Crippen LogP contribution in [0.4, 0.5) is 0 Å². The first-order valence-corrected chi connectivity index (χ1v) is 8.32. The molecule has 5 rings (SSSR count). The Morgan fingerprint density at radius 3 is 1.80 bits per heavy atom. The van der Waals surface area contributed by atoms with Crippen LogP contribution in [0.15, 0.2) is 66.7 Å². The molecule has 0 aliphatic rings. The fourth-order valence-electron chi connectivity index (χ4n) is 3.75. The summed E-state index contributed by atoms with van der Waals surface area (Å²) < 4.78 is 0. The van der Waals surface area contributed by atoms with Crippen LogP contribution >= 0.6 is 0 Å². The summed E-state index contributed by atoms with van der Waals surface area (Å²) in [5.41, 5.74) is 1.12. The SMILES string of the molecule is Cc1ccc2cc3cc4c(O)c5ccccc5cc4cc3c(O)c2c1. The molecule has 0 fully saturated rings. The summed E-state index contributed by atoms with van der Waals surface area (Å²) >= 11 is 0. The van der Waals surface area contributed by atoms with Gasteiger partial charge in [-0.25, -0.2) is 0 Å². The lowest BCUT2D eigenvalue weighted by Gasteiger charge is -2.11. The molecule has 0 amide bonds. The molecule has 2 N–H and O–H groups in total. The molecule has 0 saturated carbocycles. The maximum Gasteiger partial charge on any atom is 0.131 e. The summed E-state index contributed by atoms with van der Waals surface area (Å²) in [4.78, 5) is 0. The molecule has 2 heteroatoms. The second-order valence-corrected chi connectivity index (χ2v) is 6.69. The van der Waals surface area contributed by atoms with Crippen molar-refractivity contribution in [3.05, 3.63) is 72.3 Å². The molecule has 5 aromatic carbocycles. The van der Waals surface area contributed by atoms with E-state index in [9.17, 15) is 10.2 Å². The third-order valence-corrected chi connectivity index (χ3v) is 5.03. The van der Waals surface area contributed by atoms with E-state index < -0.39 is 0 Å². The molecule has 0 aliphatic carbocycles. The number of phenols is 2. The lowest BCUT2D eigenvalue weighted by atomic mass is 9.95. The van der Waals surface area contributed by atoms with Crippen LogP contribution in [0.25, 0.3) is 43.1 Å². The highest BCUT2D eigenvalue weighted by molar-refractivity contribution is 6.14. The molecule has 25 heavy (non-hydrogen) atoms. The minimum atomic E-state index is 0.290. The number of aryl methyl sites for hydroxylation is 1. The Morgan fingerprint density at radius 2 is 1.08 bits per heavy atom. The van der Waals surface area contributed by atoms with Gasteiger partial charge in [-0.1, -0.05) is 42.0 Å². The summed E-state index contributed by atoms with van der Waals surface area (Å²) in [6, 6.07) is 21.9. The van der Waals surface area contributed by atoms with Crippen LogP contribution in [-0.4, -0.2) is 10.2 Å². The molecule has 0 aliphatic heterocycles. The van der Waals surface area contributed by atoms with Crippen molar-refractivity contribution in [2.45, 2.75) is 6.92 Å². The largest absolute Gasteiger partial charge is 0.507 e. The van der Waals surface area contributed by atoms with Crippen LogP contribution < -0.4 is 0 Å². The number of aromatic hydroxyl groups is 2. The zero-order valence-corrected chi connectivity index (χ0v) is 13.7. The molecule has 0 aromatic heterocycles. The highest BCUT2D eigenvalue weighted by Gasteiger charge is 2.12. The Bertz CT molecular complexity index is 1320. The Balaban J connectivity index is 1.98. The molecule has 0 unspecified atom stereocenters. The van der Waals surface area contributed by atoms with Gasteiger partial charge in [0.25, 0.3) is 0 Å². The van der Waals surface area contributed by atoms with Crippen LogP contribution in [0.3, 0.4) is 0 Å². The van der Waals surface area contributed by atoms with E-state index in [4.69, 9.17) is 0 Å². The third kappa shape index (κ3) is 1.97. The third-order valence-electron chi connectivity index (χ3n) is 5.03. The second-order valence-electron chi connectivity index (χ2n) is 6.69. The lowest BCUT2D eigenvalue weighted by Crippen LogP contribution is -1.84. The predicted molar refractivity (Wildman–Crippen MR) is 105 cm³/mol. The van der Waals surface area contributed by atoms with Gasteiger partial charge in [-0.05, 0) is 58.8 Å². The minimum absolute atomic E-state index is 0.290. The first kappa shape index (κ1) is 14.1. The Kier molecular flexibility index (Phi) is 2.75. The predicted octanol–water partition coefficient (Wildman–Crippen LogP) is 6.02. The van der Waals surface area contributed by atoms with Crippen LogP contribution in [0.2, 0.25) is 0 Å². The zero-order chi connectivity index (χ0) is 17.1. The number of hydrogen-bond donors (Lipinski definition) is 2. The normalized spacial score (nSPS) is 11.7. The van der Waals surface area contributed by atoms with Gasteiger partial charge < -0.3 is 10.2 Å². The molecule has 0 bridgehead atoms. The van der Waals surface area contributed by atoms with Crippen molar-refractivity contribution >= 4 is 43.1 Å². The van der Waals surface area contributed by atoms with E-state index in [0.717, 1.165) is 48.7 Å². The maximum atomic E-state index is 10.8. The molecular weight excluding hydrogens is 308 g/mol. The highest BCUT2D eigenvalue weighted by Crippen LogP contribution is 2.40. The molecule has 0 saturated heterocycles. The molecule has 2 nitrogen and oxygen atoms in total. The van der Waals surface area contributed by atoms with E-state index in [0.29, 0.717) is 11.5 Å². The summed E-state index contributed by atoms with van der Waals surface area (Å²) in [6.07, 6.45) is 0.